The summed E-state index contributed by atoms with van der Waals surface area (Å²) >= 11 is 0. The van der Waals surface area contributed by atoms with Crippen molar-refractivity contribution in [1.82, 2.24) is 14.9 Å². The summed E-state index contributed by atoms with van der Waals surface area (Å²) in [5.74, 6) is 1.22. The van der Waals surface area contributed by atoms with E-state index in [0.717, 1.165) is 13.1 Å². The number of aromatic nitrogens is 2. The zero-order valence-corrected chi connectivity index (χ0v) is 13.7. The van der Waals surface area contributed by atoms with Gasteiger partial charge in [-0.25, -0.2) is 4.98 Å². The van der Waals surface area contributed by atoms with Gasteiger partial charge in [-0.3, -0.25) is 0 Å². The molecule has 0 saturated heterocycles. The van der Waals surface area contributed by atoms with Crippen LogP contribution in [0.15, 0.2) is 12.4 Å². The van der Waals surface area contributed by atoms with Crippen molar-refractivity contribution in [3.63, 3.8) is 0 Å². The Labute approximate surface area is 125 Å². The van der Waals surface area contributed by atoms with Crippen molar-refractivity contribution in [3.8, 4) is 0 Å². The summed E-state index contributed by atoms with van der Waals surface area (Å²) in [5, 5.41) is 3.60. The predicted molar refractivity (Wildman–Crippen MR) is 86.9 cm³/mol. The normalized spacial score (nSPS) is 12.8. The van der Waals surface area contributed by atoms with Gasteiger partial charge in [0, 0.05) is 18.9 Å². The average Bonchev–Trinajstić information content (AvgIpc) is 2.90. The zero-order valence-electron chi connectivity index (χ0n) is 13.7. The van der Waals surface area contributed by atoms with Crippen molar-refractivity contribution in [2.75, 3.05) is 6.54 Å². The third-order valence-electron chi connectivity index (χ3n) is 3.82. The number of nitrogens with one attached hydrogen (secondary N) is 1. The van der Waals surface area contributed by atoms with E-state index in [0.29, 0.717) is 6.04 Å². The van der Waals surface area contributed by atoms with E-state index in [9.17, 15) is 0 Å². The van der Waals surface area contributed by atoms with Crippen LogP contribution >= 0.6 is 0 Å². The second-order valence-electron chi connectivity index (χ2n) is 5.65. The Morgan fingerprint density at radius 1 is 1.05 bits per heavy atom. The van der Waals surface area contributed by atoms with Crippen LogP contribution in [0, 0.1) is 0 Å². The van der Waals surface area contributed by atoms with Gasteiger partial charge in [-0.1, -0.05) is 59.3 Å². The third kappa shape index (κ3) is 6.08. The molecule has 0 saturated carbocycles. The van der Waals surface area contributed by atoms with Crippen LogP contribution in [0.2, 0.25) is 0 Å². The summed E-state index contributed by atoms with van der Waals surface area (Å²) in [6.07, 6.45) is 14.6. The first-order chi connectivity index (χ1) is 9.83. The van der Waals surface area contributed by atoms with Crippen molar-refractivity contribution in [3.05, 3.63) is 18.2 Å². The molecule has 116 valence electrons. The molecule has 0 fully saturated rings. The summed E-state index contributed by atoms with van der Waals surface area (Å²) in [7, 11) is 0. The molecule has 3 heteroatoms. The second-order valence-corrected chi connectivity index (χ2v) is 5.65. The Hall–Kier alpha value is -0.830. The molecular weight excluding hydrogens is 246 g/mol. The number of hydrogen-bond donors (Lipinski definition) is 1. The van der Waals surface area contributed by atoms with E-state index in [2.05, 4.69) is 41.8 Å². The van der Waals surface area contributed by atoms with E-state index < -0.39 is 0 Å². The number of imidazole rings is 1. The maximum atomic E-state index is 4.58. The van der Waals surface area contributed by atoms with Gasteiger partial charge < -0.3 is 9.88 Å². The SMILES string of the molecule is CCCCCCCCC(NCC)c1nccn1CCC. The van der Waals surface area contributed by atoms with Crippen LogP contribution < -0.4 is 5.32 Å². The Morgan fingerprint density at radius 3 is 2.50 bits per heavy atom. The Balaban J connectivity index is 2.41. The molecule has 1 N–H and O–H groups in total. The van der Waals surface area contributed by atoms with Crippen molar-refractivity contribution in [1.29, 1.82) is 0 Å². The molecule has 0 spiro atoms. The molecule has 0 radical (unpaired) electrons. The van der Waals surface area contributed by atoms with Crippen LogP contribution in [0.25, 0.3) is 0 Å². The molecule has 1 aromatic rings. The fraction of sp³-hybridized carbons (Fsp3) is 0.824. The first-order valence-electron chi connectivity index (χ1n) is 8.57. The van der Waals surface area contributed by atoms with E-state index in [1.54, 1.807) is 0 Å². The molecule has 1 unspecified atom stereocenters. The maximum Gasteiger partial charge on any atom is 0.125 e. The number of aryl methyl sites for hydroxylation is 1. The average molecular weight is 279 g/mol. The summed E-state index contributed by atoms with van der Waals surface area (Å²) in [4.78, 5) is 4.58. The number of rotatable bonds is 12. The van der Waals surface area contributed by atoms with Crippen LogP contribution in [0.4, 0.5) is 0 Å². The van der Waals surface area contributed by atoms with Gasteiger partial charge in [0.05, 0.1) is 6.04 Å². The molecule has 0 aliphatic heterocycles. The highest BCUT2D eigenvalue weighted by atomic mass is 15.1. The minimum Gasteiger partial charge on any atom is -0.334 e. The van der Waals surface area contributed by atoms with E-state index in [1.807, 2.05) is 6.20 Å². The van der Waals surface area contributed by atoms with Crippen LogP contribution in [-0.2, 0) is 6.54 Å². The van der Waals surface area contributed by atoms with E-state index in [1.165, 1.54) is 57.2 Å². The molecule has 1 atom stereocenters. The molecular formula is C17H33N3. The predicted octanol–water partition coefficient (Wildman–Crippen LogP) is 4.69. The first kappa shape index (κ1) is 17.2. The highest BCUT2D eigenvalue weighted by molar-refractivity contribution is 4.99. The molecule has 3 nitrogen and oxygen atoms in total. The molecule has 0 aliphatic carbocycles. The molecule has 1 aromatic heterocycles. The topological polar surface area (TPSA) is 29.9 Å². The summed E-state index contributed by atoms with van der Waals surface area (Å²) in [6.45, 7) is 8.77. The van der Waals surface area contributed by atoms with Gasteiger partial charge in [0.15, 0.2) is 0 Å². The molecule has 1 rings (SSSR count). The molecule has 0 amide bonds. The molecule has 1 heterocycles. The van der Waals surface area contributed by atoms with Gasteiger partial charge >= 0.3 is 0 Å². The highest BCUT2D eigenvalue weighted by Gasteiger charge is 2.15. The Morgan fingerprint density at radius 2 is 1.80 bits per heavy atom. The van der Waals surface area contributed by atoms with Gasteiger partial charge in [-0.2, -0.15) is 0 Å². The van der Waals surface area contributed by atoms with E-state index in [-0.39, 0.29) is 0 Å². The monoisotopic (exact) mass is 279 g/mol. The Kier molecular flexibility index (Phi) is 9.38. The molecule has 0 aromatic carbocycles. The molecule has 0 bridgehead atoms. The van der Waals surface area contributed by atoms with Gasteiger partial charge in [0.25, 0.3) is 0 Å². The highest BCUT2D eigenvalue weighted by Crippen LogP contribution is 2.19. The minimum absolute atomic E-state index is 0.424. The maximum absolute atomic E-state index is 4.58. The lowest BCUT2D eigenvalue weighted by atomic mass is 10.0. The fourth-order valence-electron chi connectivity index (χ4n) is 2.76. The smallest absolute Gasteiger partial charge is 0.125 e. The standard InChI is InChI=1S/C17H33N3/c1-4-7-8-9-10-11-12-16(18-6-3)17-19-13-15-20(17)14-5-2/h13,15-16,18H,4-12,14H2,1-3H3. The van der Waals surface area contributed by atoms with Crippen LogP contribution in [0.1, 0.15) is 84.0 Å². The third-order valence-corrected chi connectivity index (χ3v) is 3.82. The van der Waals surface area contributed by atoms with Gasteiger partial charge in [0.2, 0.25) is 0 Å². The summed E-state index contributed by atoms with van der Waals surface area (Å²) < 4.78 is 2.31. The van der Waals surface area contributed by atoms with Crippen molar-refractivity contribution >= 4 is 0 Å². The Bertz CT molecular complexity index is 333. The van der Waals surface area contributed by atoms with Gasteiger partial charge in [-0.15, -0.1) is 0 Å². The lowest BCUT2D eigenvalue weighted by Gasteiger charge is -2.19. The van der Waals surface area contributed by atoms with Gasteiger partial charge in [-0.05, 0) is 19.4 Å². The van der Waals surface area contributed by atoms with Gasteiger partial charge in [0.1, 0.15) is 5.82 Å². The van der Waals surface area contributed by atoms with Crippen molar-refractivity contribution in [2.45, 2.75) is 84.7 Å². The number of unbranched alkanes of at least 4 members (excludes halogenated alkanes) is 5. The quantitative estimate of drug-likeness (QED) is 0.562. The zero-order chi connectivity index (χ0) is 14.6. The summed E-state index contributed by atoms with van der Waals surface area (Å²) in [5.41, 5.74) is 0. The molecule has 20 heavy (non-hydrogen) atoms. The first-order valence-corrected chi connectivity index (χ1v) is 8.57. The number of nitrogens with zero attached hydrogens (tertiary/aromatic N) is 2. The van der Waals surface area contributed by atoms with Crippen molar-refractivity contribution < 1.29 is 0 Å². The van der Waals surface area contributed by atoms with Crippen LogP contribution in [0.5, 0.6) is 0 Å². The second kappa shape index (κ2) is 10.9. The largest absolute Gasteiger partial charge is 0.334 e. The lowest BCUT2D eigenvalue weighted by Crippen LogP contribution is -2.24. The van der Waals surface area contributed by atoms with E-state index in [4.69, 9.17) is 0 Å². The van der Waals surface area contributed by atoms with Crippen LogP contribution in [-0.4, -0.2) is 16.1 Å². The lowest BCUT2D eigenvalue weighted by molar-refractivity contribution is 0.439. The summed E-state index contributed by atoms with van der Waals surface area (Å²) in [6, 6.07) is 0.424. The van der Waals surface area contributed by atoms with Crippen LogP contribution in [0.3, 0.4) is 0 Å². The van der Waals surface area contributed by atoms with E-state index >= 15 is 0 Å². The fourth-order valence-corrected chi connectivity index (χ4v) is 2.76. The number of hydrogen-bond acceptors (Lipinski definition) is 2. The molecule has 0 aliphatic rings. The minimum atomic E-state index is 0.424. The van der Waals surface area contributed by atoms with Crippen molar-refractivity contribution in [2.24, 2.45) is 0 Å².